The van der Waals surface area contributed by atoms with E-state index in [4.69, 9.17) is 14.9 Å². The first-order valence-corrected chi connectivity index (χ1v) is 10.7. The van der Waals surface area contributed by atoms with Crippen LogP contribution in [0.3, 0.4) is 0 Å². The van der Waals surface area contributed by atoms with Crippen molar-refractivity contribution in [2.45, 2.75) is 11.8 Å². The van der Waals surface area contributed by atoms with E-state index in [-0.39, 0.29) is 10.4 Å². The van der Waals surface area contributed by atoms with Crippen LogP contribution in [-0.4, -0.2) is 15.5 Å². The molecule has 0 aliphatic carbocycles. The third kappa shape index (κ3) is 3.67. The fourth-order valence-corrected chi connectivity index (χ4v) is 4.09. The Morgan fingerprint density at radius 2 is 1.60 bits per heavy atom. The lowest BCUT2D eigenvalue weighted by Crippen LogP contribution is -2.13. The average Bonchev–Trinajstić information content (AvgIpc) is 2.74. The summed E-state index contributed by atoms with van der Waals surface area (Å²) >= 11 is 0. The summed E-state index contributed by atoms with van der Waals surface area (Å²) in [4.78, 5) is 0.0794. The van der Waals surface area contributed by atoms with Crippen molar-refractivity contribution in [3.8, 4) is 16.9 Å². The van der Waals surface area contributed by atoms with E-state index < -0.39 is 10.0 Å². The van der Waals surface area contributed by atoms with Crippen LogP contribution in [0, 0.1) is 6.92 Å². The minimum atomic E-state index is -4.01. The van der Waals surface area contributed by atoms with Crippen LogP contribution in [0.15, 0.2) is 86.5 Å². The molecule has 4 aromatic rings. The Kier molecular flexibility index (Phi) is 5.05. The Hall–Kier alpha value is -3.58. The predicted molar refractivity (Wildman–Crippen MR) is 117 cm³/mol. The first kappa shape index (κ1) is 19.7. The van der Waals surface area contributed by atoms with Crippen molar-refractivity contribution in [2.75, 3.05) is 12.8 Å². The molecule has 30 heavy (non-hydrogen) atoms. The number of benzene rings is 3. The van der Waals surface area contributed by atoms with E-state index in [9.17, 15) is 8.42 Å². The number of nitrogen functional groups attached to an aromatic ring is 1. The molecule has 0 fully saturated rings. The molecule has 4 rings (SSSR count). The van der Waals surface area contributed by atoms with E-state index in [1.165, 1.54) is 12.1 Å². The second-order valence-corrected chi connectivity index (χ2v) is 8.40. The third-order valence-electron chi connectivity index (χ3n) is 4.77. The lowest BCUT2D eigenvalue weighted by Gasteiger charge is -2.10. The molecule has 2 N–H and O–H groups in total. The van der Waals surface area contributed by atoms with Crippen molar-refractivity contribution in [1.82, 2.24) is 0 Å². The minimum Gasteiger partial charge on any atom is -0.497 e. The molecule has 0 amide bonds. The van der Waals surface area contributed by atoms with Gasteiger partial charge in [-0.3, -0.25) is 0 Å². The van der Waals surface area contributed by atoms with Gasteiger partial charge in [-0.15, -0.1) is 4.40 Å². The van der Waals surface area contributed by atoms with Crippen LogP contribution in [0.4, 0.5) is 5.69 Å². The van der Waals surface area contributed by atoms with Gasteiger partial charge in [-0.2, -0.15) is 8.42 Å². The number of sulfonamides is 1. The lowest BCUT2D eigenvalue weighted by molar-refractivity contribution is 0.415. The molecule has 152 valence electrons. The Bertz CT molecular complexity index is 1390. The quantitative estimate of drug-likeness (QED) is 0.531. The maximum absolute atomic E-state index is 13.0. The molecular formula is C23H20N2O4S. The first-order valence-electron chi connectivity index (χ1n) is 9.22. The monoisotopic (exact) mass is 420 g/mol. The Morgan fingerprint density at radius 1 is 0.933 bits per heavy atom. The van der Waals surface area contributed by atoms with Crippen LogP contribution in [0.2, 0.25) is 0 Å². The molecule has 0 radical (unpaired) electrons. The van der Waals surface area contributed by atoms with E-state index in [0.29, 0.717) is 33.5 Å². The molecule has 7 heteroatoms. The molecule has 1 heterocycles. The standard InChI is InChI=1S/C23H20N2O4S/c1-15-7-13-18(14-8-15)30(26,27)25-23-21(16-9-11-17(28-2)12-10-16)22(24)19-5-3-4-6-20(19)29-23/h3-14H,24H2,1-2H3. The van der Waals surface area contributed by atoms with Gasteiger partial charge < -0.3 is 14.9 Å². The molecule has 0 bridgehead atoms. The molecule has 1 aromatic heterocycles. The second-order valence-electron chi connectivity index (χ2n) is 6.80. The molecule has 6 nitrogen and oxygen atoms in total. The number of methoxy groups -OCH3 is 1. The maximum atomic E-state index is 13.0. The van der Waals surface area contributed by atoms with Crippen LogP contribution in [-0.2, 0) is 10.0 Å². The maximum Gasteiger partial charge on any atom is 0.285 e. The summed E-state index contributed by atoms with van der Waals surface area (Å²) in [5.41, 5.74) is 9.25. The zero-order valence-corrected chi connectivity index (χ0v) is 17.3. The van der Waals surface area contributed by atoms with E-state index in [2.05, 4.69) is 4.40 Å². The Morgan fingerprint density at radius 3 is 2.27 bits per heavy atom. The summed E-state index contributed by atoms with van der Waals surface area (Å²) in [6.07, 6.45) is 0. The van der Waals surface area contributed by atoms with E-state index in [0.717, 1.165) is 5.56 Å². The number of ether oxygens (including phenoxy) is 1. The number of nitrogens with zero attached hydrogens (tertiary/aromatic N) is 1. The number of rotatable bonds is 4. The van der Waals surface area contributed by atoms with Crippen molar-refractivity contribution in [2.24, 2.45) is 4.40 Å². The van der Waals surface area contributed by atoms with Crippen molar-refractivity contribution in [1.29, 1.82) is 0 Å². The zero-order valence-electron chi connectivity index (χ0n) is 16.5. The molecule has 0 unspecified atom stereocenters. The topological polar surface area (TPSA) is 94.9 Å². The Labute approximate surface area is 174 Å². The number of para-hydroxylation sites is 1. The number of anilines is 1. The van der Waals surface area contributed by atoms with Crippen molar-refractivity contribution < 1.29 is 17.6 Å². The van der Waals surface area contributed by atoms with Crippen LogP contribution in [0.5, 0.6) is 5.75 Å². The van der Waals surface area contributed by atoms with Gasteiger partial charge in [0.1, 0.15) is 11.3 Å². The lowest BCUT2D eigenvalue weighted by atomic mass is 10.0. The van der Waals surface area contributed by atoms with Gasteiger partial charge in [-0.1, -0.05) is 42.0 Å². The Balaban J connectivity index is 2.02. The molecule has 0 saturated carbocycles. The molecule has 0 spiro atoms. The highest BCUT2D eigenvalue weighted by atomic mass is 32.2. The SMILES string of the molecule is COc1ccc(-c2c(N)c3ccccc3oc2=NS(=O)(=O)c2ccc(C)cc2)cc1. The highest BCUT2D eigenvalue weighted by Crippen LogP contribution is 2.30. The van der Waals surface area contributed by atoms with Crippen molar-refractivity contribution >= 4 is 26.7 Å². The first-order chi connectivity index (χ1) is 14.4. The fraction of sp³-hybridized carbons (Fsp3) is 0.0870. The number of hydrogen-bond donors (Lipinski definition) is 1. The van der Waals surface area contributed by atoms with Crippen molar-refractivity contribution in [3.05, 3.63) is 83.9 Å². The van der Waals surface area contributed by atoms with Gasteiger partial charge in [0.2, 0.25) is 5.55 Å². The van der Waals surface area contributed by atoms with Crippen LogP contribution in [0.1, 0.15) is 5.56 Å². The fourth-order valence-electron chi connectivity index (χ4n) is 3.16. The van der Waals surface area contributed by atoms with Gasteiger partial charge in [0, 0.05) is 5.39 Å². The predicted octanol–water partition coefficient (Wildman–Crippen LogP) is 4.29. The van der Waals surface area contributed by atoms with Gasteiger partial charge in [0.15, 0.2) is 0 Å². The largest absolute Gasteiger partial charge is 0.497 e. The van der Waals surface area contributed by atoms with Crippen LogP contribution in [0.25, 0.3) is 22.1 Å². The summed E-state index contributed by atoms with van der Waals surface area (Å²) in [6.45, 7) is 1.88. The van der Waals surface area contributed by atoms with Gasteiger partial charge in [0.05, 0.1) is 23.3 Å². The molecule has 0 atom stereocenters. The summed E-state index contributed by atoms with van der Waals surface area (Å²) in [6, 6.07) is 20.8. The molecule has 0 saturated heterocycles. The van der Waals surface area contributed by atoms with E-state index in [1.807, 2.05) is 19.1 Å². The third-order valence-corrected chi connectivity index (χ3v) is 6.04. The molecule has 0 aliphatic rings. The number of nitrogens with two attached hydrogens (primary N) is 1. The van der Waals surface area contributed by atoms with Gasteiger partial charge in [-0.05, 0) is 48.9 Å². The highest BCUT2D eigenvalue weighted by molar-refractivity contribution is 7.90. The van der Waals surface area contributed by atoms with Gasteiger partial charge >= 0.3 is 0 Å². The summed E-state index contributed by atoms with van der Waals surface area (Å²) in [5, 5.41) is 0.676. The van der Waals surface area contributed by atoms with Crippen molar-refractivity contribution in [3.63, 3.8) is 0 Å². The molecule has 0 aliphatic heterocycles. The smallest absolute Gasteiger partial charge is 0.285 e. The normalized spacial score (nSPS) is 12.3. The summed E-state index contributed by atoms with van der Waals surface area (Å²) < 4.78 is 41.0. The van der Waals surface area contributed by atoms with Crippen LogP contribution < -0.4 is 16.0 Å². The van der Waals surface area contributed by atoms with E-state index >= 15 is 0 Å². The minimum absolute atomic E-state index is 0.0723. The number of fused-ring (bicyclic) bond motifs is 1. The molecular weight excluding hydrogens is 400 g/mol. The summed E-state index contributed by atoms with van der Waals surface area (Å²) in [7, 11) is -2.43. The average molecular weight is 420 g/mol. The van der Waals surface area contributed by atoms with Gasteiger partial charge in [-0.25, -0.2) is 0 Å². The highest BCUT2D eigenvalue weighted by Gasteiger charge is 2.18. The number of aryl methyl sites for hydroxylation is 1. The summed E-state index contributed by atoms with van der Waals surface area (Å²) in [5.74, 6) is 0.667. The number of hydrogen-bond acceptors (Lipinski definition) is 5. The van der Waals surface area contributed by atoms with Gasteiger partial charge in [0.25, 0.3) is 10.0 Å². The second kappa shape index (κ2) is 7.68. The molecule has 3 aromatic carbocycles. The zero-order chi connectivity index (χ0) is 21.3. The van der Waals surface area contributed by atoms with Crippen LogP contribution >= 0.6 is 0 Å². The van der Waals surface area contributed by atoms with E-state index in [1.54, 1.807) is 55.6 Å².